The molecule has 0 radical (unpaired) electrons. The van der Waals surface area contributed by atoms with Gasteiger partial charge >= 0.3 is 0 Å². The van der Waals surface area contributed by atoms with Crippen LogP contribution in [0.3, 0.4) is 0 Å². The van der Waals surface area contributed by atoms with Crippen molar-refractivity contribution in [3.8, 4) is 0 Å². The second-order valence-electron chi connectivity index (χ2n) is 6.08. The molecule has 128 valence electrons. The van der Waals surface area contributed by atoms with Crippen molar-refractivity contribution in [2.24, 2.45) is 0 Å². The van der Waals surface area contributed by atoms with E-state index in [1.54, 1.807) is 24.3 Å². The Morgan fingerprint density at radius 3 is 2.17 bits per heavy atom. The first-order valence-electron chi connectivity index (χ1n) is 8.14. The Bertz CT molecular complexity index is 763. The Balaban J connectivity index is 1.74. The summed E-state index contributed by atoms with van der Waals surface area (Å²) in [6, 6.07) is 16.5. The van der Waals surface area contributed by atoms with Crippen LogP contribution in [-0.2, 0) is 10.0 Å². The average Bonchev–Trinajstić information content (AvgIpc) is 2.59. The average molecular weight is 409 g/mol. The van der Waals surface area contributed by atoms with E-state index < -0.39 is 10.0 Å². The molecule has 2 atom stereocenters. The molecule has 2 N–H and O–H groups in total. The summed E-state index contributed by atoms with van der Waals surface area (Å²) < 4.78 is 29.1. The maximum Gasteiger partial charge on any atom is 0.240 e. The van der Waals surface area contributed by atoms with Crippen LogP contribution in [-0.4, -0.2) is 20.5 Å². The van der Waals surface area contributed by atoms with E-state index >= 15 is 0 Å². The molecular weight excluding hydrogens is 388 g/mol. The van der Waals surface area contributed by atoms with E-state index in [0.29, 0.717) is 4.90 Å². The molecule has 2 aromatic rings. The van der Waals surface area contributed by atoms with E-state index in [1.807, 2.05) is 30.3 Å². The number of rotatable bonds is 5. The fourth-order valence-corrected chi connectivity index (χ4v) is 4.67. The minimum absolute atomic E-state index is 0.0958. The van der Waals surface area contributed by atoms with Crippen LogP contribution in [0.4, 0.5) is 5.69 Å². The third-order valence-corrected chi connectivity index (χ3v) is 6.36. The van der Waals surface area contributed by atoms with Gasteiger partial charge in [0, 0.05) is 22.2 Å². The first-order valence-corrected chi connectivity index (χ1v) is 10.4. The van der Waals surface area contributed by atoms with Gasteiger partial charge in [-0.3, -0.25) is 0 Å². The summed E-state index contributed by atoms with van der Waals surface area (Å²) in [5.41, 5.74) is 1.01. The van der Waals surface area contributed by atoms with Crippen molar-refractivity contribution >= 4 is 31.6 Å². The largest absolute Gasteiger partial charge is 0.381 e. The Labute approximate surface area is 151 Å². The molecule has 3 rings (SSSR count). The first-order chi connectivity index (χ1) is 11.5. The number of hydrogen-bond donors (Lipinski definition) is 2. The van der Waals surface area contributed by atoms with Crippen molar-refractivity contribution < 1.29 is 8.42 Å². The Hall–Kier alpha value is -1.37. The number of anilines is 1. The van der Waals surface area contributed by atoms with Gasteiger partial charge in [0.15, 0.2) is 0 Å². The van der Waals surface area contributed by atoms with Crippen LogP contribution in [0.25, 0.3) is 0 Å². The Kier molecular flexibility index (Phi) is 5.58. The Morgan fingerprint density at radius 2 is 1.50 bits per heavy atom. The van der Waals surface area contributed by atoms with Crippen LogP contribution in [0.15, 0.2) is 64.0 Å². The van der Waals surface area contributed by atoms with Crippen LogP contribution in [0.1, 0.15) is 25.7 Å². The fraction of sp³-hybridized carbons (Fsp3) is 0.333. The van der Waals surface area contributed by atoms with Gasteiger partial charge in [0.2, 0.25) is 10.0 Å². The van der Waals surface area contributed by atoms with E-state index in [-0.39, 0.29) is 12.1 Å². The third-order valence-electron chi connectivity index (χ3n) is 4.32. The standard InChI is InChI=1S/C18H21BrN2O2S/c19-14-10-12-15(13-11-14)20-17-8-4-5-9-18(17)21-24(22,23)16-6-2-1-3-7-16/h1-3,6-7,10-13,17-18,20-21H,4-5,8-9H2/t17-,18+/m1/s1. The highest BCUT2D eigenvalue weighted by molar-refractivity contribution is 9.10. The van der Waals surface area contributed by atoms with Crippen LogP contribution in [0.2, 0.25) is 0 Å². The van der Waals surface area contributed by atoms with Crippen molar-refractivity contribution in [1.82, 2.24) is 4.72 Å². The number of nitrogens with one attached hydrogen (secondary N) is 2. The lowest BCUT2D eigenvalue weighted by Crippen LogP contribution is -2.48. The molecule has 1 fully saturated rings. The van der Waals surface area contributed by atoms with Crippen LogP contribution in [0.5, 0.6) is 0 Å². The lowest BCUT2D eigenvalue weighted by atomic mass is 9.91. The summed E-state index contributed by atoms with van der Waals surface area (Å²) in [7, 11) is -3.49. The quantitative estimate of drug-likeness (QED) is 0.780. The molecule has 1 saturated carbocycles. The van der Waals surface area contributed by atoms with Crippen molar-refractivity contribution in [1.29, 1.82) is 0 Å². The van der Waals surface area contributed by atoms with Gasteiger partial charge in [-0.05, 0) is 49.2 Å². The molecule has 0 amide bonds. The molecule has 0 saturated heterocycles. The first kappa shape index (κ1) is 17.5. The molecule has 24 heavy (non-hydrogen) atoms. The predicted octanol–water partition coefficient (Wildman–Crippen LogP) is 4.15. The Morgan fingerprint density at radius 1 is 0.875 bits per heavy atom. The summed E-state index contributed by atoms with van der Waals surface area (Å²) >= 11 is 3.43. The van der Waals surface area contributed by atoms with Gasteiger partial charge in [-0.2, -0.15) is 0 Å². The second-order valence-corrected chi connectivity index (χ2v) is 8.71. The van der Waals surface area contributed by atoms with E-state index in [4.69, 9.17) is 0 Å². The zero-order valence-electron chi connectivity index (χ0n) is 13.3. The number of benzene rings is 2. The lowest BCUT2D eigenvalue weighted by molar-refractivity contribution is 0.378. The summed E-state index contributed by atoms with van der Waals surface area (Å²) in [6.07, 6.45) is 3.95. The zero-order valence-corrected chi connectivity index (χ0v) is 15.7. The second kappa shape index (κ2) is 7.68. The molecule has 0 bridgehead atoms. The molecule has 0 aromatic heterocycles. The van der Waals surface area contributed by atoms with Gasteiger partial charge in [-0.1, -0.05) is 47.0 Å². The maximum absolute atomic E-state index is 12.6. The molecular formula is C18H21BrN2O2S. The molecule has 2 aromatic carbocycles. The number of sulfonamides is 1. The van der Waals surface area contributed by atoms with Gasteiger partial charge in [0.1, 0.15) is 0 Å². The van der Waals surface area contributed by atoms with E-state index in [2.05, 4.69) is 26.0 Å². The molecule has 0 spiro atoms. The van der Waals surface area contributed by atoms with Crippen molar-refractivity contribution in [2.75, 3.05) is 5.32 Å². The maximum atomic E-state index is 12.6. The highest BCUT2D eigenvalue weighted by Gasteiger charge is 2.29. The van der Waals surface area contributed by atoms with Crippen molar-refractivity contribution in [3.05, 3.63) is 59.1 Å². The summed E-state index contributed by atoms with van der Waals surface area (Å²) in [6.45, 7) is 0. The molecule has 1 aliphatic rings. The van der Waals surface area contributed by atoms with E-state index in [1.165, 1.54) is 0 Å². The van der Waals surface area contributed by atoms with E-state index in [0.717, 1.165) is 35.8 Å². The molecule has 1 aliphatic carbocycles. The topological polar surface area (TPSA) is 58.2 Å². The van der Waals surface area contributed by atoms with Crippen LogP contribution >= 0.6 is 15.9 Å². The minimum atomic E-state index is -3.49. The highest BCUT2D eigenvalue weighted by Crippen LogP contribution is 2.24. The van der Waals surface area contributed by atoms with Gasteiger partial charge < -0.3 is 5.32 Å². The van der Waals surface area contributed by atoms with Crippen LogP contribution in [0, 0.1) is 0 Å². The molecule has 4 nitrogen and oxygen atoms in total. The molecule has 0 aliphatic heterocycles. The van der Waals surface area contributed by atoms with Crippen molar-refractivity contribution in [3.63, 3.8) is 0 Å². The summed E-state index contributed by atoms with van der Waals surface area (Å²) in [5, 5.41) is 3.48. The summed E-state index contributed by atoms with van der Waals surface area (Å²) in [5.74, 6) is 0. The lowest BCUT2D eigenvalue weighted by Gasteiger charge is -2.33. The highest BCUT2D eigenvalue weighted by atomic mass is 79.9. The summed E-state index contributed by atoms with van der Waals surface area (Å²) in [4.78, 5) is 0.318. The van der Waals surface area contributed by atoms with Gasteiger partial charge in [-0.25, -0.2) is 13.1 Å². The SMILES string of the molecule is O=S(=O)(N[C@H]1CCCC[C@H]1Nc1ccc(Br)cc1)c1ccccc1. The third kappa shape index (κ3) is 4.37. The number of halogens is 1. The smallest absolute Gasteiger partial charge is 0.240 e. The number of hydrogen-bond acceptors (Lipinski definition) is 3. The predicted molar refractivity (Wildman–Crippen MR) is 101 cm³/mol. The minimum Gasteiger partial charge on any atom is -0.381 e. The fourth-order valence-electron chi connectivity index (χ4n) is 3.07. The normalized spacial score (nSPS) is 21.4. The molecule has 6 heteroatoms. The molecule has 0 heterocycles. The van der Waals surface area contributed by atoms with Gasteiger partial charge in [0.25, 0.3) is 0 Å². The zero-order chi connectivity index (χ0) is 17.0. The van der Waals surface area contributed by atoms with Gasteiger partial charge in [-0.15, -0.1) is 0 Å². The van der Waals surface area contributed by atoms with Crippen LogP contribution < -0.4 is 10.0 Å². The van der Waals surface area contributed by atoms with Gasteiger partial charge in [0.05, 0.1) is 4.90 Å². The van der Waals surface area contributed by atoms with E-state index in [9.17, 15) is 8.42 Å². The molecule has 0 unspecified atom stereocenters. The monoisotopic (exact) mass is 408 g/mol. The van der Waals surface area contributed by atoms with Crippen molar-refractivity contribution in [2.45, 2.75) is 42.7 Å².